The van der Waals surface area contributed by atoms with Crippen LogP contribution in [-0.2, 0) is 11.8 Å². The molecule has 0 heterocycles. The third-order valence-electron chi connectivity index (χ3n) is 7.55. The Hall–Kier alpha value is -6.34. The maximum absolute atomic E-state index is 14.0. The average molecular weight is 735 g/mol. The zero-order valence-corrected chi connectivity index (χ0v) is 25.1. The van der Waals surface area contributed by atoms with Gasteiger partial charge in [-0.2, -0.15) is 56.2 Å². The molecule has 0 spiro atoms. The predicted octanol–water partition coefficient (Wildman–Crippen LogP) is 8.27. The van der Waals surface area contributed by atoms with Crippen molar-refractivity contribution in [2.45, 2.75) is 35.9 Å². The van der Waals surface area contributed by atoms with E-state index in [4.69, 9.17) is 22.7 Å². The molecule has 0 amide bonds. The zero-order valence-electron chi connectivity index (χ0n) is 27.1. The number of halogens is 10. The van der Waals surface area contributed by atoms with Gasteiger partial charge < -0.3 is 19.7 Å². The number of rotatable bonds is 4. The average Bonchev–Trinajstić information content (AvgIpc) is 3.27. The first-order valence-corrected chi connectivity index (χ1v) is 13.8. The van der Waals surface area contributed by atoms with Crippen molar-refractivity contribution in [2.24, 2.45) is 0 Å². The first-order chi connectivity index (χ1) is 24.9. The number of aliphatic hydroxyl groups is 2. The Morgan fingerprint density at radius 2 is 0.904 bits per heavy atom. The van der Waals surface area contributed by atoms with Crippen LogP contribution < -0.4 is 9.47 Å². The van der Waals surface area contributed by atoms with E-state index >= 15 is 0 Å². The quantitative estimate of drug-likeness (QED) is 0.199. The second kappa shape index (κ2) is 12.8. The monoisotopic (exact) mass is 734 g/mol. The van der Waals surface area contributed by atoms with Gasteiger partial charge in [0.05, 0.1) is 26.0 Å². The molecular weight excluding hydrogens is 718 g/mol. The highest BCUT2D eigenvalue weighted by Gasteiger charge is 2.70. The summed E-state index contributed by atoms with van der Waals surface area (Å²) in [7, 11) is 0. The summed E-state index contributed by atoms with van der Waals surface area (Å²) < 4.78 is 164. The molecule has 0 unspecified atom stereocenters. The van der Waals surface area contributed by atoms with Gasteiger partial charge in [0.1, 0.15) is 57.9 Å². The van der Waals surface area contributed by atoms with Crippen LogP contribution in [0.4, 0.5) is 43.9 Å². The van der Waals surface area contributed by atoms with E-state index in [0.29, 0.717) is 12.1 Å². The summed E-state index contributed by atoms with van der Waals surface area (Å²) in [6, 6.07) is 14.0. The van der Waals surface area contributed by atoms with Gasteiger partial charge in [-0.3, -0.25) is 0 Å². The van der Waals surface area contributed by atoms with E-state index in [1.807, 2.05) is 0 Å². The molecule has 264 valence electrons. The molecule has 52 heavy (non-hydrogen) atoms. The Morgan fingerprint density at radius 1 is 0.558 bits per heavy atom. The van der Waals surface area contributed by atoms with Crippen molar-refractivity contribution < 1.29 is 66.3 Å². The summed E-state index contributed by atoms with van der Waals surface area (Å²) in [5.41, 5.74) is -7.52. The number of nitriles is 4. The lowest BCUT2D eigenvalue weighted by Crippen LogP contribution is -2.36. The molecule has 0 saturated heterocycles. The van der Waals surface area contributed by atoms with Crippen LogP contribution >= 0.6 is 0 Å². The fourth-order valence-corrected chi connectivity index (χ4v) is 5.15. The van der Waals surface area contributed by atoms with Gasteiger partial charge in [0.15, 0.2) is 12.2 Å². The Morgan fingerprint density at radius 3 is 1.21 bits per heavy atom. The molecule has 0 fully saturated rings. The second-order valence-electron chi connectivity index (χ2n) is 10.7. The molecule has 2 atom stereocenters. The minimum absolute atomic E-state index is 0.153. The lowest BCUT2D eigenvalue weighted by atomic mass is 10.0. The molecule has 2 N–H and O–H groups in total. The zero-order chi connectivity index (χ0) is 40.4. The van der Waals surface area contributed by atoms with Gasteiger partial charge >= 0.3 is 23.7 Å². The number of ether oxygens (including phenoxy) is 2. The molecule has 6 rings (SSSR count). The molecule has 2 aliphatic rings. The number of alkyl halides is 8. The highest BCUT2D eigenvalue weighted by molar-refractivity contribution is 5.60. The predicted molar refractivity (Wildman–Crippen MR) is 152 cm³/mol. The van der Waals surface area contributed by atoms with E-state index in [2.05, 4.69) is 0 Å². The molecule has 8 nitrogen and oxygen atoms in total. The molecule has 0 aliphatic heterocycles. The molecule has 0 aromatic heterocycles. The third kappa shape index (κ3) is 5.74. The van der Waals surface area contributed by atoms with E-state index in [1.54, 1.807) is 12.1 Å². The fourth-order valence-electron chi connectivity index (χ4n) is 5.15. The van der Waals surface area contributed by atoms with Crippen molar-refractivity contribution in [3.05, 3.63) is 117 Å². The standard InChI is InChI=1S/2C17H7F5N2O2/c2*18-9-3-8(6-23)4-10(5-9)26-13-2-1-12-14(11(13)7-24)15(25)17(21,22)16(12,19)20/h2*1-5,15,25H/t2*15-/m10/s1/i2*15D. The molecule has 0 bridgehead atoms. The summed E-state index contributed by atoms with van der Waals surface area (Å²) in [4.78, 5) is 0. The summed E-state index contributed by atoms with van der Waals surface area (Å²) in [6.07, 6.45) is -8.17. The van der Waals surface area contributed by atoms with Crippen molar-refractivity contribution in [3.8, 4) is 47.3 Å². The van der Waals surface area contributed by atoms with E-state index in [1.165, 1.54) is 12.1 Å². The Balaban J connectivity index is 0.000000208. The van der Waals surface area contributed by atoms with Gasteiger partial charge in [-0.15, -0.1) is 0 Å². The van der Waals surface area contributed by atoms with Crippen LogP contribution in [0.1, 0.15) is 59.4 Å². The SMILES string of the molecule is [2H][C@@]1(O)c2c(ccc(Oc3cc(F)cc(C#N)c3)c2C#N)C(F)(F)C1(F)F.[2H][C@]1(O)c2c(ccc(Oc3cc(F)cc(C#N)c3)c2C#N)C(F)(F)C1(F)F. The summed E-state index contributed by atoms with van der Waals surface area (Å²) in [5.74, 6) is -23.7. The number of fused-ring (bicyclic) bond motifs is 2. The topological polar surface area (TPSA) is 154 Å². The van der Waals surface area contributed by atoms with E-state index in [0.717, 1.165) is 48.5 Å². The maximum atomic E-state index is 14.0. The third-order valence-corrected chi connectivity index (χ3v) is 7.55. The lowest BCUT2D eigenvalue weighted by Gasteiger charge is -2.20. The van der Waals surface area contributed by atoms with Crippen LogP contribution in [0.15, 0.2) is 60.7 Å². The molecular formula is C34H14F10N4O4. The van der Waals surface area contributed by atoms with E-state index < -0.39 is 92.4 Å². The molecule has 4 aromatic carbocycles. The van der Waals surface area contributed by atoms with Crippen LogP contribution in [0.3, 0.4) is 0 Å². The normalized spacial score (nSPS) is 22.7. The van der Waals surface area contributed by atoms with Crippen LogP contribution in [0.5, 0.6) is 23.0 Å². The van der Waals surface area contributed by atoms with Crippen molar-refractivity contribution in [1.29, 1.82) is 21.0 Å². The van der Waals surface area contributed by atoms with Gasteiger partial charge in [-0.25, -0.2) is 8.78 Å². The number of hydrogen-bond acceptors (Lipinski definition) is 8. The van der Waals surface area contributed by atoms with Gasteiger partial charge in [0.25, 0.3) is 0 Å². The first-order valence-electron chi connectivity index (χ1n) is 14.8. The minimum atomic E-state index is -5.20. The van der Waals surface area contributed by atoms with Gasteiger partial charge in [-0.1, -0.05) is 0 Å². The smallest absolute Gasteiger partial charge is 0.343 e. The highest BCUT2D eigenvalue weighted by Crippen LogP contribution is 2.60. The molecule has 4 aromatic rings. The number of benzene rings is 4. The first kappa shape index (κ1) is 34.1. The van der Waals surface area contributed by atoms with Crippen molar-refractivity contribution in [2.75, 3.05) is 0 Å². The van der Waals surface area contributed by atoms with Crippen LogP contribution in [0.2, 0.25) is 0 Å². The minimum Gasteiger partial charge on any atom is -0.456 e. The van der Waals surface area contributed by atoms with Crippen LogP contribution in [0.25, 0.3) is 0 Å². The van der Waals surface area contributed by atoms with E-state index in [-0.39, 0.29) is 22.6 Å². The van der Waals surface area contributed by atoms with Crippen LogP contribution in [-0.4, -0.2) is 22.1 Å². The van der Waals surface area contributed by atoms with Gasteiger partial charge in [-0.05, 0) is 48.5 Å². The van der Waals surface area contributed by atoms with Crippen LogP contribution in [0, 0.1) is 57.0 Å². The second-order valence-corrected chi connectivity index (χ2v) is 10.7. The Bertz CT molecular complexity index is 2250. The van der Waals surface area contributed by atoms with Gasteiger partial charge in [0, 0.05) is 34.4 Å². The van der Waals surface area contributed by atoms with Crippen molar-refractivity contribution in [3.63, 3.8) is 0 Å². The lowest BCUT2D eigenvalue weighted by molar-refractivity contribution is -0.246. The fraction of sp³-hybridized carbons (Fsp3) is 0.176. The molecule has 18 heteroatoms. The molecule has 2 aliphatic carbocycles. The maximum Gasteiger partial charge on any atom is 0.343 e. The number of nitrogens with zero attached hydrogens (tertiary/aromatic N) is 4. The summed E-state index contributed by atoms with van der Waals surface area (Å²) >= 11 is 0. The van der Waals surface area contributed by atoms with Gasteiger partial charge in [0.2, 0.25) is 0 Å². The van der Waals surface area contributed by atoms with Crippen molar-refractivity contribution in [1.82, 2.24) is 0 Å². The number of hydrogen-bond donors (Lipinski definition) is 2. The molecule has 0 radical (unpaired) electrons. The highest BCUT2D eigenvalue weighted by atomic mass is 19.3. The summed E-state index contributed by atoms with van der Waals surface area (Å²) in [5, 5.41) is 55.7. The van der Waals surface area contributed by atoms with E-state index in [9.17, 15) is 64.6 Å². The largest absolute Gasteiger partial charge is 0.456 e. The summed E-state index contributed by atoms with van der Waals surface area (Å²) in [6.45, 7) is 0. The Labute approximate surface area is 287 Å². The Kier molecular flexibility index (Phi) is 8.38. The molecule has 0 saturated carbocycles. The van der Waals surface area contributed by atoms with Crippen molar-refractivity contribution >= 4 is 0 Å².